The Morgan fingerprint density at radius 3 is 1.39 bits per heavy atom. The second-order valence-corrected chi connectivity index (χ2v) is 4.15. The van der Waals surface area contributed by atoms with Crippen LogP contribution in [-0.2, 0) is 0 Å². The Morgan fingerprint density at radius 2 is 1.11 bits per heavy atom. The number of rotatable bonds is 2. The van der Waals surface area contributed by atoms with Crippen LogP contribution in [0, 0.1) is 0 Å². The van der Waals surface area contributed by atoms with Gasteiger partial charge < -0.3 is 5.11 Å². The molecule has 0 aliphatic carbocycles. The fourth-order valence-electron chi connectivity index (χ4n) is 1.35. The van der Waals surface area contributed by atoms with E-state index < -0.39 is 0 Å². The molecule has 0 amide bonds. The summed E-state index contributed by atoms with van der Waals surface area (Å²) < 4.78 is 0. The van der Waals surface area contributed by atoms with E-state index in [4.69, 9.17) is 5.11 Å². The van der Waals surface area contributed by atoms with Crippen molar-refractivity contribution in [2.24, 2.45) is 0 Å². The quantitative estimate of drug-likeness (QED) is 0.820. The van der Waals surface area contributed by atoms with Crippen LogP contribution in [0.25, 0.3) is 0 Å². The van der Waals surface area contributed by atoms with E-state index in [1.165, 1.54) is 0 Å². The minimum atomic E-state index is -0.167. The zero-order chi connectivity index (χ0) is 13.4. The largest absolute Gasteiger partial charge is 0.394 e. The van der Waals surface area contributed by atoms with Crippen LogP contribution in [0.5, 0.6) is 0 Å². The van der Waals surface area contributed by atoms with Gasteiger partial charge in [-0.25, -0.2) is 0 Å². The summed E-state index contributed by atoms with van der Waals surface area (Å²) in [5, 5.41) is 8.06. The minimum Gasteiger partial charge on any atom is -0.394 e. The Labute approximate surface area is 108 Å². The molecule has 2 aromatic rings. The molecule has 0 fully saturated rings. The lowest BCUT2D eigenvalue weighted by molar-refractivity contribution is 0.103. The smallest absolute Gasteiger partial charge is 0.193 e. The molecule has 2 heteroatoms. The van der Waals surface area contributed by atoms with E-state index in [1.54, 1.807) is 13.8 Å². The standard InChI is InChI=1S/C13H10O.C3H8O/c14-13(11-7-3-1-4-8-11)12-9-5-2-6-10-12;1-3(2)4/h1-10H;3-4H,1-2H3. The van der Waals surface area contributed by atoms with Gasteiger partial charge in [-0.15, -0.1) is 0 Å². The first-order valence-electron chi connectivity index (χ1n) is 5.94. The van der Waals surface area contributed by atoms with Crippen LogP contribution >= 0.6 is 0 Å². The lowest BCUT2D eigenvalue weighted by Crippen LogP contribution is -1.99. The SMILES string of the molecule is CC(C)O.O=C(c1ccccc1)c1ccccc1. The molecule has 0 spiro atoms. The van der Waals surface area contributed by atoms with Crippen LogP contribution in [0.4, 0.5) is 0 Å². The molecule has 2 aromatic carbocycles. The first-order valence-corrected chi connectivity index (χ1v) is 5.94. The fraction of sp³-hybridized carbons (Fsp3) is 0.188. The topological polar surface area (TPSA) is 37.3 Å². The summed E-state index contributed by atoms with van der Waals surface area (Å²) >= 11 is 0. The summed E-state index contributed by atoms with van der Waals surface area (Å²) in [4.78, 5) is 11.8. The summed E-state index contributed by atoms with van der Waals surface area (Å²) in [6.07, 6.45) is -0.167. The first kappa shape index (κ1) is 14.1. The highest BCUT2D eigenvalue weighted by molar-refractivity contribution is 6.08. The van der Waals surface area contributed by atoms with E-state index in [0.717, 1.165) is 11.1 Å². The second-order valence-electron chi connectivity index (χ2n) is 4.15. The second kappa shape index (κ2) is 7.41. The maximum Gasteiger partial charge on any atom is 0.193 e. The molecule has 0 radical (unpaired) electrons. The van der Waals surface area contributed by atoms with Crippen LogP contribution in [0.1, 0.15) is 29.8 Å². The number of carbonyl (C=O) groups excluding carboxylic acids is 1. The molecule has 0 unspecified atom stereocenters. The van der Waals surface area contributed by atoms with Crippen molar-refractivity contribution in [3.8, 4) is 0 Å². The summed E-state index contributed by atoms with van der Waals surface area (Å²) in [7, 11) is 0. The van der Waals surface area contributed by atoms with Gasteiger partial charge in [-0.05, 0) is 13.8 Å². The van der Waals surface area contributed by atoms with Crippen LogP contribution < -0.4 is 0 Å². The van der Waals surface area contributed by atoms with Crippen molar-refractivity contribution in [3.05, 3.63) is 71.8 Å². The van der Waals surface area contributed by atoms with Gasteiger partial charge in [-0.1, -0.05) is 60.7 Å². The average molecular weight is 242 g/mol. The summed E-state index contributed by atoms with van der Waals surface area (Å²) in [5.41, 5.74) is 1.47. The maximum atomic E-state index is 11.8. The van der Waals surface area contributed by atoms with E-state index in [9.17, 15) is 4.79 Å². The van der Waals surface area contributed by atoms with Gasteiger partial charge in [0.1, 0.15) is 0 Å². The van der Waals surface area contributed by atoms with Crippen LogP contribution in [-0.4, -0.2) is 17.0 Å². The molecule has 0 saturated heterocycles. The number of hydrogen-bond donors (Lipinski definition) is 1. The van der Waals surface area contributed by atoms with Gasteiger partial charge in [0.15, 0.2) is 5.78 Å². The Balaban J connectivity index is 0.000000357. The molecular formula is C16H18O2. The highest BCUT2D eigenvalue weighted by Crippen LogP contribution is 2.08. The number of hydrogen-bond acceptors (Lipinski definition) is 2. The van der Waals surface area contributed by atoms with Crippen molar-refractivity contribution in [1.82, 2.24) is 0 Å². The Kier molecular flexibility index (Phi) is 5.81. The van der Waals surface area contributed by atoms with E-state index in [2.05, 4.69) is 0 Å². The normalized spacial score (nSPS) is 9.56. The third kappa shape index (κ3) is 4.93. The monoisotopic (exact) mass is 242 g/mol. The first-order chi connectivity index (χ1) is 8.61. The van der Waals surface area contributed by atoms with Crippen molar-refractivity contribution >= 4 is 5.78 Å². The van der Waals surface area contributed by atoms with Gasteiger partial charge in [-0.3, -0.25) is 4.79 Å². The van der Waals surface area contributed by atoms with Crippen molar-refractivity contribution < 1.29 is 9.90 Å². The third-order valence-corrected chi connectivity index (χ3v) is 2.07. The van der Waals surface area contributed by atoms with Gasteiger partial charge >= 0.3 is 0 Å². The molecule has 2 nitrogen and oxygen atoms in total. The van der Waals surface area contributed by atoms with E-state index in [1.807, 2.05) is 60.7 Å². The fourth-order valence-corrected chi connectivity index (χ4v) is 1.35. The van der Waals surface area contributed by atoms with E-state index in [-0.39, 0.29) is 11.9 Å². The molecule has 1 N–H and O–H groups in total. The van der Waals surface area contributed by atoms with Crippen molar-refractivity contribution in [1.29, 1.82) is 0 Å². The van der Waals surface area contributed by atoms with Crippen molar-refractivity contribution in [2.45, 2.75) is 20.0 Å². The minimum absolute atomic E-state index is 0.0752. The van der Waals surface area contributed by atoms with Crippen molar-refractivity contribution in [2.75, 3.05) is 0 Å². The van der Waals surface area contributed by atoms with Crippen LogP contribution in [0.2, 0.25) is 0 Å². The molecule has 0 atom stereocenters. The highest BCUT2D eigenvalue weighted by Gasteiger charge is 2.06. The number of carbonyl (C=O) groups is 1. The predicted molar refractivity (Wildman–Crippen MR) is 73.7 cm³/mol. The molecule has 0 saturated carbocycles. The molecular weight excluding hydrogens is 224 g/mol. The van der Waals surface area contributed by atoms with E-state index >= 15 is 0 Å². The van der Waals surface area contributed by atoms with Gasteiger partial charge in [0.05, 0.1) is 0 Å². The summed E-state index contributed by atoms with van der Waals surface area (Å²) in [5.74, 6) is 0.0752. The number of aliphatic hydroxyl groups excluding tert-OH is 1. The maximum absolute atomic E-state index is 11.8. The predicted octanol–water partition coefficient (Wildman–Crippen LogP) is 3.30. The molecule has 0 aromatic heterocycles. The highest BCUT2D eigenvalue weighted by atomic mass is 16.3. The van der Waals surface area contributed by atoms with Gasteiger partial charge in [-0.2, -0.15) is 0 Å². The molecule has 0 bridgehead atoms. The summed E-state index contributed by atoms with van der Waals surface area (Å²) in [6, 6.07) is 18.6. The Bertz CT molecular complexity index is 417. The summed E-state index contributed by atoms with van der Waals surface area (Å²) in [6.45, 7) is 3.44. The van der Waals surface area contributed by atoms with Gasteiger partial charge in [0, 0.05) is 17.2 Å². The molecule has 94 valence electrons. The number of aliphatic hydroxyl groups is 1. The third-order valence-electron chi connectivity index (χ3n) is 2.07. The molecule has 2 rings (SSSR count). The zero-order valence-electron chi connectivity index (χ0n) is 10.7. The molecule has 0 aliphatic heterocycles. The zero-order valence-corrected chi connectivity index (χ0v) is 10.7. The van der Waals surface area contributed by atoms with Crippen molar-refractivity contribution in [3.63, 3.8) is 0 Å². The molecule has 18 heavy (non-hydrogen) atoms. The lowest BCUT2D eigenvalue weighted by atomic mass is 10.0. The van der Waals surface area contributed by atoms with Crippen LogP contribution in [0.3, 0.4) is 0 Å². The molecule has 0 aliphatic rings. The van der Waals surface area contributed by atoms with Crippen LogP contribution in [0.15, 0.2) is 60.7 Å². The van der Waals surface area contributed by atoms with Gasteiger partial charge in [0.25, 0.3) is 0 Å². The number of benzene rings is 2. The van der Waals surface area contributed by atoms with Gasteiger partial charge in [0.2, 0.25) is 0 Å². The average Bonchev–Trinajstić information content (AvgIpc) is 2.39. The molecule has 0 heterocycles. The number of ketones is 1. The van der Waals surface area contributed by atoms with E-state index in [0.29, 0.717) is 0 Å². The Morgan fingerprint density at radius 1 is 0.833 bits per heavy atom. The Hall–Kier alpha value is -1.93. The lowest BCUT2D eigenvalue weighted by Gasteiger charge is -1.99.